The van der Waals surface area contributed by atoms with Crippen molar-refractivity contribution in [1.29, 1.82) is 0 Å². The monoisotopic (exact) mass is 358 g/mol. The van der Waals surface area contributed by atoms with Gasteiger partial charge in [0.1, 0.15) is 11.6 Å². The SMILES string of the molecule is CCC=C(OCC)c1cc(OC)c(O)c(C)c1C(=O)c1cccc(F)c1. The molecule has 2 rings (SSSR count). The molecule has 0 bridgehead atoms. The van der Waals surface area contributed by atoms with Gasteiger partial charge in [-0.3, -0.25) is 4.79 Å². The zero-order chi connectivity index (χ0) is 19.3. The van der Waals surface area contributed by atoms with Crippen LogP contribution in [0.3, 0.4) is 0 Å². The summed E-state index contributed by atoms with van der Waals surface area (Å²) >= 11 is 0. The standard InChI is InChI=1S/C21H23FO4/c1-5-8-17(26-6-2)16-12-18(25-4)20(23)13(3)19(16)21(24)14-9-7-10-15(22)11-14/h7-12,23H,5-6H2,1-4H3. The minimum atomic E-state index is -0.498. The summed E-state index contributed by atoms with van der Waals surface area (Å²) < 4.78 is 24.5. The van der Waals surface area contributed by atoms with Crippen LogP contribution < -0.4 is 4.74 Å². The Balaban J connectivity index is 2.75. The van der Waals surface area contributed by atoms with Gasteiger partial charge >= 0.3 is 0 Å². The highest BCUT2D eigenvalue weighted by molar-refractivity contribution is 6.13. The smallest absolute Gasteiger partial charge is 0.194 e. The van der Waals surface area contributed by atoms with Crippen LogP contribution in [-0.4, -0.2) is 24.6 Å². The molecule has 0 aliphatic carbocycles. The second kappa shape index (κ2) is 8.52. The van der Waals surface area contributed by atoms with Crippen LogP contribution in [0.25, 0.3) is 5.76 Å². The third kappa shape index (κ3) is 3.87. The van der Waals surface area contributed by atoms with Gasteiger partial charge in [0.2, 0.25) is 0 Å². The van der Waals surface area contributed by atoms with E-state index in [4.69, 9.17) is 9.47 Å². The van der Waals surface area contributed by atoms with E-state index < -0.39 is 11.6 Å². The Morgan fingerprint density at radius 1 is 1.27 bits per heavy atom. The van der Waals surface area contributed by atoms with E-state index in [-0.39, 0.29) is 22.6 Å². The lowest BCUT2D eigenvalue weighted by Gasteiger charge is -2.18. The first-order valence-corrected chi connectivity index (χ1v) is 8.48. The fraction of sp³-hybridized carbons (Fsp3) is 0.286. The van der Waals surface area contributed by atoms with Crippen LogP contribution >= 0.6 is 0 Å². The van der Waals surface area contributed by atoms with Gasteiger partial charge in [-0.05, 0) is 44.5 Å². The van der Waals surface area contributed by atoms with Crippen molar-refractivity contribution < 1.29 is 23.8 Å². The molecule has 2 aromatic carbocycles. The molecule has 138 valence electrons. The summed E-state index contributed by atoms with van der Waals surface area (Å²) in [5, 5.41) is 10.4. The van der Waals surface area contributed by atoms with Crippen molar-refractivity contribution >= 4 is 11.5 Å². The summed E-state index contributed by atoms with van der Waals surface area (Å²) in [6.07, 6.45) is 2.56. The number of hydrogen-bond acceptors (Lipinski definition) is 4. The average Bonchev–Trinajstić information content (AvgIpc) is 2.63. The molecule has 26 heavy (non-hydrogen) atoms. The first-order valence-electron chi connectivity index (χ1n) is 8.48. The molecule has 0 aromatic heterocycles. The average molecular weight is 358 g/mol. The number of ether oxygens (including phenoxy) is 2. The van der Waals surface area contributed by atoms with Crippen LogP contribution in [0.2, 0.25) is 0 Å². The Kier molecular flexibility index (Phi) is 6.39. The van der Waals surface area contributed by atoms with E-state index in [0.717, 1.165) is 0 Å². The van der Waals surface area contributed by atoms with Crippen molar-refractivity contribution in [3.05, 3.63) is 64.5 Å². The second-order valence-corrected chi connectivity index (χ2v) is 5.72. The first-order chi connectivity index (χ1) is 12.4. The Bertz CT molecular complexity index is 840. The predicted molar refractivity (Wildman–Crippen MR) is 99.1 cm³/mol. The van der Waals surface area contributed by atoms with Crippen molar-refractivity contribution in [2.75, 3.05) is 13.7 Å². The summed E-state index contributed by atoms with van der Waals surface area (Å²) in [5.74, 6) is -0.243. The summed E-state index contributed by atoms with van der Waals surface area (Å²) in [6, 6.07) is 7.05. The van der Waals surface area contributed by atoms with E-state index in [2.05, 4.69) is 0 Å². The third-order valence-electron chi connectivity index (χ3n) is 4.00. The van der Waals surface area contributed by atoms with Crippen molar-refractivity contribution in [2.45, 2.75) is 27.2 Å². The topological polar surface area (TPSA) is 55.8 Å². The van der Waals surface area contributed by atoms with E-state index in [0.29, 0.717) is 29.9 Å². The number of aromatic hydroxyl groups is 1. The molecule has 0 amide bonds. The highest BCUT2D eigenvalue weighted by atomic mass is 19.1. The van der Waals surface area contributed by atoms with Gasteiger partial charge in [0, 0.05) is 22.3 Å². The number of halogens is 1. The van der Waals surface area contributed by atoms with Gasteiger partial charge in [0.05, 0.1) is 13.7 Å². The van der Waals surface area contributed by atoms with Gasteiger partial charge in [-0.15, -0.1) is 0 Å². The van der Waals surface area contributed by atoms with Gasteiger partial charge in [0.15, 0.2) is 17.3 Å². The fourth-order valence-electron chi connectivity index (χ4n) is 2.78. The lowest BCUT2D eigenvalue weighted by Crippen LogP contribution is -2.10. The Hall–Kier alpha value is -2.82. The molecule has 0 radical (unpaired) electrons. The van der Waals surface area contributed by atoms with Crippen molar-refractivity contribution in [3.63, 3.8) is 0 Å². The van der Waals surface area contributed by atoms with E-state index in [9.17, 15) is 14.3 Å². The van der Waals surface area contributed by atoms with Gasteiger partial charge < -0.3 is 14.6 Å². The maximum atomic E-state index is 13.6. The fourth-order valence-corrected chi connectivity index (χ4v) is 2.78. The van der Waals surface area contributed by atoms with Crippen LogP contribution in [0.15, 0.2) is 36.4 Å². The van der Waals surface area contributed by atoms with Crippen molar-refractivity contribution in [3.8, 4) is 11.5 Å². The molecule has 0 aliphatic heterocycles. The summed E-state index contributed by atoms with van der Waals surface area (Å²) in [5.41, 5.74) is 1.33. The molecule has 0 spiro atoms. The quantitative estimate of drug-likeness (QED) is 0.567. The zero-order valence-electron chi connectivity index (χ0n) is 15.4. The Morgan fingerprint density at radius 3 is 2.58 bits per heavy atom. The third-order valence-corrected chi connectivity index (χ3v) is 4.00. The van der Waals surface area contributed by atoms with Crippen LogP contribution in [0.5, 0.6) is 11.5 Å². The zero-order valence-corrected chi connectivity index (χ0v) is 15.4. The maximum absolute atomic E-state index is 13.6. The summed E-state index contributed by atoms with van der Waals surface area (Å²) in [4.78, 5) is 13.1. The second-order valence-electron chi connectivity index (χ2n) is 5.72. The maximum Gasteiger partial charge on any atom is 0.194 e. The Morgan fingerprint density at radius 2 is 2.00 bits per heavy atom. The predicted octanol–water partition coefficient (Wildman–Crippen LogP) is 4.87. The van der Waals surface area contributed by atoms with Crippen LogP contribution in [-0.2, 0) is 4.74 Å². The number of hydrogen-bond donors (Lipinski definition) is 1. The number of methoxy groups -OCH3 is 1. The minimum absolute atomic E-state index is 0.122. The molecule has 0 saturated heterocycles. The molecule has 1 N–H and O–H groups in total. The molecule has 0 heterocycles. The molecule has 2 aromatic rings. The van der Waals surface area contributed by atoms with Gasteiger partial charge in [-0.25, -0.2) is 4.39 Å². The molecular weight excluding hydrogens is 335 g/mol. The van der Waals surface area contributed by atoms with Gasteiger partial charge in [-0.1, -0.05) is 19.1 Å². The molecule has 0 saturated carbocycles. The molecule has 0 atom stereocenters. The van der Waals surface area contributed by atoms with E-state index in [1.807, 2.05) is 19.9 Å². The number of phenols is 1. The molecule has 5 heteroatoms. The molecule has 0 aliphatic rings. The van der Waals surface area contributed by atoms with Crippen LogP contribution in [0.4, 0.5) is 4.39 Å². The molecule has 0 unspecified atom stereocenters. The highest BCUT2D eigenvalue weighted by Crippen LogP contribution is 2.38. The van der Waals surface area contributed by atoms with E-state index in [1.165, 1.54) is 25.3 Å². The van der Waals surface area contributed by atoms with Gasteiger partial charge in [0.25, 0.3) is 0 Å². The first kappa shape index (κ1) is 19.5. The van der Waals surface area contributed by atoms with E-state index in [1.54, 1.807) is 19.1 Å². The highest BCUT2D eigenvalue weighted by Gasteiger charge is 2.24. The van der Waals surface area contributed by atoms with Crippen molar-refractivity contribution in [2.24, 2.45) is 0 Å². The largest absolute Gasteiger partial charge is 0.504 e. The van der Waals surface area contributed by atoms with Crippen molar-refractivity contribution in [1.82, 2.24) is 0 Å². The van der Waals surface area contributed by atoms with Gasteiger partial charge in [-0.2, -0.15) is 0 Å². The lowest BCUT2D eigenvalue weighted by molar-refractivity contribution is 0.103. The number of ketones is 1. The summed E-state index contributed by atoms with van der Waals surface area (Å²) in [6.45, 7) is 5.85. The number of allylic oxidation sites excluding steroid dienone is 1. The molecule has 0 fully saturated rings. The number of carbonyl (C=O) groups excluding carboxylic acids is 1. The molecular formula is C21H23FO4. The molecule has 4 nitrogen and oxygen atoms in total. The number of benzene rings is 2. The number of carbonyl (C=O) groups is 1. The number of phenolic OH excluding ortho intramolecular Hbond substituents is 1. The van der Waals surface area contributed by atoms with E-state index >= 15 is 0 Å². The Labute approximate surface area is 152 Å². The number of rotatable bonds is 7. The lowest BCUT2D eigenvalue weighted by atomic mass is 9.91. The van der Waals surface area contributed by atoms with Crippen LogP contribution in [0, 0.1) is 12.7 Å². The summed E-state index contributed by atoms with van der Waals surface area (Å²) in [7, 11) is 1.44. The van der Waals surface area contributed by atoms with Crippen LogP contribution in [0.1, 0.15) is 47.3 Å². The normalized spacial score (nSPS) is 11.3. The minimum Gasteiger partial charge on any atom is -0.504 e.